The molecule has 92 valence electrons. The Morgan fingerprint density at radius 3 is 2.29 bits per heavy atom. The predicted molar refractivity (Wildman–Crippen MR) is 65.3 cm³/mol. The van der Waals surface area contributed by atoms with Gasteiger partial charge in [0.15, 0.2) is 0 Å². The summed E-state index contributed by atoms with van der Waals surface area (Å²) in [4.78, 5) is 11.4. The van der Waals surface area contributed by atoms with E-state index < -0.39 is 5.97 Å². The van der Waals surface area contributed by atoms with Gasteiger partial charge < -0.3 is 14.2 Å². The van der Waals surface area contributed by atoms with Crippen LogP contribution < -0.4 is 9.47 Å². The van der Waals surface area contributed by atoms with Gasteiger partial charge in [-0.05, 0) is 19.1 Å². The lowest BCUT2D eigenvalue weighted by Crippen LogP contribution is -2.05. The third-order valence-electron chi connectivity index (χ3n) is 2.54. The Labute approximate surface area is 101 Å². The third kappa shape index (κ3) is 2.41. The Kier molecular flexibility index (Phi) is 4.15. The van der Waals surface area contributed by atoms with Crippen molar-refractivity contribution in [3.8, 4) is 11.5 Å². The molecule has 0 heterocycles. The second-order valence-corrected chi connectivity index (χ2v) is 3.44. The van der Waals surface area contributed by atoms with Crippen LogP contribution >= 0.6 is 0 Å². The molecule has 1 aromatic rings. The number of carbonyl (C=O) groups excluding carboxylic acids is 1. The SMILES string of the molecule is C=C(C(=O)OC)c1ccc(OC)c(C)c1OC. The van der Waals surface area contributed by atoms with E-state index in [1.165, 1.54) is 14.2 Å². The van der Waals surface area contributed by atoms with Gasteiger partial charge in [-0.3, -0.25) is 0 Å². The zero-order valence-electron chi connectivity index (χ0n) is 10.5. The van der Waals surface area contributed by atoms with Gasteiger partial charge in [-0.25, -0.2) is 4.79 Å². The molecular weight excluding hydrogens is 220 g/mol. The van der Waals surface area contributed by atoms with Crippen molar-refractivity contribution in [1.29, 1.82) is 0 Å². The van der Waals surface area contributed by atoms with Crippen LogP contribution in [0.25, 0.3) is 5.57 Å². The molecule has 1 rings (SSSR count). The Bertz CT molecular complexity index is 449. The van der Waals surface area contributed by atoms with E-state index in [1.54, 1.807) is 19.2 Å². The van der Waals surface area contributed by atoms with Gasteiger partial charge in [0.05, 0.1) is 26.9 Å². The van der Waals surface area contributed by atoms with E-state index in [1.807, 2.05) is 6.92 Å². The quantitative estimate of drug-likeness (QED) is 0.594. The number of carbonyl (C=O) groups is 1. The normalized spacial score (nSPS) is 9.65. The summed E-state index contributed by atoms with van der Waals surface area (Å²) in [6.45, 7) is 5.56. The standard InChI is InChI=1S/C13H16O4/c1-8(13(14)17-5)10-6-7-11(15-3)9(2)12(10)16-4/h6-7H,1H2,2-5H3. The topological polar surface area (TPSA) is 44.8 Å². The molecule has 0 atom stereocenters. The molecule has 0 aliphatic heterocycles. The highest BCUT2D eigenvalue weighted by Crippen LogP contribution is 2.34. The van der Waals surface area contributed by atoms with Gasteiger partial charge in [0.25, 0.3) is 0 Å². The van der Waals surface area contributed by atoms with E-state index in [0.29, 0.717) is 17.1 Å². The minimum Gasteiger partial charge on any atom is -0.496 e. The molecule has 0 aliphatic rings. The lowest BCUT2D eigenvalue weighted by Gasteiger charge is -2.14. The number of hydrogen-bond acceptors (Lipinski definition) is 4. The molecule has 17 heavy (non-hydrogen) atoms. The molecule has 0 N–H and O–H groups in total. The van der Waals surface area contributed by atoms with E-state index in [-0.39, 0.29) is 5.57 Å². The van der Waals surface area contributed by atoms with Crippen LogP contribution in [0.5, 0.6) is 11.5 Å². The van der Waals surface area contributed by atoms with Crippen molar-refractivity contribution in [2.24, 2.45) is 0 Å². The molecule has 0 fully saturated rings. The first-order valence-corrected chi connectivity index (χ1v) is 5.06. The van der Waals surface area contributed by atoms with Gasteiger partial charge in [0.1, 0.15) is 11.5 Å². The van der Waals surface area contributed by atoms with Crippen LogP contribution in [0.15, 0.2) is 18.7 Å². The van der Waals surface area contributed by atoms with Crippen LogP contribution in [0, 0.1) is 6.92 Å². The summed E-state index contributed by atoms with van der Waals surface area (Å²) in [7, 11) is 4.43. The van der Waals surface area contributed by atoms with Crippen molar-refractivity contribution in [3.63, 3.8) is 0 Å². The fourth-order valence-corrected chi connectivity index (χ4v) is 1.63. The van der Waals surface area contributed by atoms with Crippen LogP contribution in [0.4, 0.5) is 0 Å². The van der Waals surface area contributed by atoms with Gasteiger partial charge in [-0.2, -0.15) is 0 Å². The van der Waals surface area contributed by atoms with Crippen LogP contribution in [-0.2, 0) is 9.53 Å². The van der Waals surface area contributed by atoms with E-state index >= 15 is 0 Å². The van der Waals surface area contributed by atoms with E-state index in [0.717, 1.165) is 5.56 Å². The van der Waals surface area contributed by atoms with Crippen molar-refractivity contribution >= 4 is 11.5 Å². The predicted octanol–water partition coefficient (Wildman–Crippen LogP) is 2.20. The van der Waals surface area contributed by atoms with Gasteiger partial charge in [-0.1, -0.05) is 6.58 Å². The zero-order valence-corrected chi connectivity index (χ0v) is 10.5. The minimum atomic E-state index is -0.479. The molecule has 4 heteroatoms. The maximum atomic E-state index is 11.4. The van der Waals surface area contributed by atoms with Crippen molar-refractivity contribution in [2.45, 2.75) is 6.92 Å². The molecule has 0 unspecified atom stereocenters. The van der Waals surface area contributed by atoms with Crippen LogP contribution in [0.3, 0.4) is 0 Å². The maximum Gasteiger partial charge on any atom is 0.337 e. The summed E-state index contributed by atoms with van der Waals surface area (Å²) in [6.07, 6.45) is 0. The Balaban J connectivity index is 3.31. The molecule has 0 bridgehead atoms. The molecular formula is C13H16O4. The number of methoxy groups -OCH3 is 3. The van der Waals surface area contributed by atoms with Crippen LogP contribution in [0.1, 0.15) is 11.1 Å². The molecule has 0 spiro atoms. The average Bonchev–Trinajstić information content (AvgIpc) is 2.36. The first kappa shape index (κ1) is 13.1. The highest BCUT2D eigenvalue weighted by atomic mass is 16.5. The largest absolute Gasteiger partial charge is 0.496 e. The first-order chi connectivity index (χ1) is 8.06. The summed E-state index contributed by atoms with van der Waals surface area (Å²) < 4.78 is 15.1. The fraction of sp³-hybridized carbons (Fsp3) is 0.308. The van der Waals surface area contributed by atoms with E-state index in [4.69, 9.17) is 9.47 Å². The molecule has 0 aliphatic carbocycles. The number of benzene rings is 1. The van der Waals surface area contributed by atoms with Gasteiger partial charge >= 0.3 is 5.97 Å². The van der Waals surface area contributed by atoms with Crippen molar-refractivity contribution in [3.05, 3.63) is 29.8 Å². The monoisotopic (exact) mass is 236 g/mol. The smallest absolute Gasteiger partial charge is 0.337 e. The van der Waals surface area contributed by atoms with Crippen molar-refractivity contribution in [1.82, 2.24) is 0 Å². The average molecular weight is 236 g/mol. The third-order valence-corrected chi connectivity index (χ3v) is 2.54. The molecule has 0 saturated carbocycles. The minimum absolute atomic E-state index is 0.259. The molecule has 0 radical (unpaired) electrons. The number of esters is 1. The molecule has 0 saturated heterocycles. The second kappa shape index (κ2) is 5.39. The Hall–Kier alpha value is -1.97. The first-order valence-electron chi connectivity index (χ1n) is 5.06. The summed E-state index contributed by atoms with van der Waals surface area (Å²) >= 11 is 0. The number of rotatable bonds is 4. The van der Waals surface area contributed by atoms with E-state index in [2.05, 4.69) is 11.3 Å². The Morgan fingerprint density at radius 2 is 1.82 bits per heavy atom. The summed E-state index contributed by atoms with van der Waals surface area (Å²) in [5.41, 5.74) is 1.69. The summed E-state index contributed by atoms with van der Waals surface area (Å²) in [6, 6.07) is 3.49. The van der Waals surface area contributed by atoms with Gasteiger partial charge in [0.2, 0.25) is 0 Å². The maximum absolute atomic E-state index is 11.4. The lowest BCUT2D eigenvalue weighted by molar-refractivity contribution is -0.133. The van der Waals surface area contributed by atoms with E-state index in [9.17, 15) is 4.79 Å². The second-order valence-electron chi connectivity index (χ2n) is 3.44. The molecule has 1 aromatic carbocycles. The number of hydrogen-bond donors (Lipinski definition) is 0. The lowest BCUT2D eigenvalue weighted by atomic mass is 10.0. The summed E-state index contributed by atoms with van der Waals surface area (Å²) in [5, 5.41) is 0. The fourth-order valence-electron chi connectivity index (χ4n) is 1.63. The highest BCUT2D eigenvalue weighted by Gasteiger charge is 2.18. The molecule has 0 amide bonds. The van der Waals surface area contributed by atoms with Crippen LogP contribution in [0.2, 0.25) is 0 Å². The number of ether oxygens (including phenoxy) is 3. The molecule has 4 nitrogen and oxygen atoms in total. The van der Waals surface area contributed by atoms with Gasteiger partial charge in [-0.15, -0.1) is 0 Å². The molecule has 0 aromatic heterocycles. The highest BCUT2D eigenvalue weighted by molar-refractivity contribution is 6.16. The van der Waals surface area contributed by atoms with Gasteiger partial charge in [0, 0.05) is 11.1 Å². The van der Waals surface area contributed by atoms with Crippen molar-refractivity contribution in [2.75, 3.05) is 21.3 Å². The Morgan fingerprint density at radius 1 is 1.18 bits per heavy atom. The zero-order chi connectivity index (χ0) is 13.0. The summed E-state index contributed by atoms with van der Waals surface area (Å²) in [5.74, 6) is 0.788. The van der Waals surface area contributed by atoms with Crippen LogP contribution in [-0.4, -0.2) is 27.3 Å². The van der Waals surface area contributed by atoms with Crippen molar-refractivity contribution < 1.29 is 19.0 Å².